The third kappa shape index (κ3) is 4.57. The highest BCUT2D eigenvalue weighted by atomic mass is 32.2. The van der Waals surface area contributed by atoms with Crippen molar-refractivity contribution in [2.75, 3.05) is 37.9 Å². The Hall–Kier alpha value is -2.53. The summed E-state index contributed by atoms with van der Waals surface area (Å²) in [5, 5.41) is 0.483. The first-order valence-corrected chi connectivity index (χ1v) is 12.2. The zero-order valence-corrected chi connectivity index (χ0v) is 18.9. The van der Waals surface area contributed by atoms with Crippen LogP contribution in [-0.4, -0.2) is 67.6 Å². The molecule has 1 fully saturated rings. The van der Waals surface area contributed by atoms with Crippen LogP contribution in [0.15, 0.2) is 29.4 Å². The van der Waals surface area contributed by atoms with Gasteiger partial charge in [0.2, 0.25) is 5.88 Å². The highest BCUT2D eigenvalue weighted by Gasteiger charge is 2.28. The fourth-order valence-electron chi connectivity index (χ4n) is 3.91. The van der Waals surface area contributed by atoms with Crippen LogP contribution in [0, 0.1) is 5.82 Å². The summed E-state index contributed by atoms with van der Waals surface area (Å²) >= 11 is 5.17. The fourth-order valence-corrected chi connectivity index (χ4v) is 4.76. The molecule has 0 amide bonds. The Balaban J connectivity index is 1.50. The molecule has 2 aliphatic heterocycles. The number of likely N-dealkylation sites (tertiary alicyclic amines) is 1. The molecule has 31 heavy (non-hydrogen) atoms. The van der Waals surface area contributed by atoms with E-state index in [2.05, 4.69) is 9.97 Å². The molecule has 2 aromatic rings. The normalized spacial score (nSPS) is 16.9. The Morgan fingerprint density at radius 1 is 1.19 bits per heavy atom. The molecule has 0 N–H and O–H groups in total. The quantitative estimate of drug-likeness (QED) is 0.631. The van der Waals surface area contributed by atoms with Crippen molar-refractivity contribution < 1.29 is 22.3 Å². The molecule has 0 spiro atoms. The second-order valence-corrected chi connectivity index (χ2v) is 9.94. The van der Waals surface area contributed by atoms with Crippen LogP contribution in [-0.2, 0) is 21.0 Å². The lowest BCUT2D eigenvalue weighted by Crippen LogP contribution is -2.41. The van der Waals surface area contributed by atoms with Crippen LogP contribution >= 0.6 is 12.2 Å². The topological polar surface area (TPSA) is 84.9 Å². The number of hydrogen-bond acceptors (Lipinski definition) is 8. The SMILES string of the molecule is COC(=S)N1CCC(Oc2cc(N3CCc4cc(S(C)(=O)=O)cc(F)c43)ncn2)CC1. The summed E-state index contributed by atoms with van der Waals surface area (Å²) in [6, 6.07) is 4.28. The van der Waals surface area contributed by atoms with Crippen molar-refractivity contribution in [3.8, 4) is 5.88 Å². The molecule has 0 aliphatic carbocycles. The Morgan fingerprint density at radius 3 is 2.61 bits per heavy atom. The van der Waals surface area contributed by atoms with Crippen LogP contribution in [0.4, 0.5) is 15.9 Å². The van der Waals surface area contributed by atoms with Gasteiger partial charge < -0.3 is 19.3 Å². The minimum atomic E-state index is -3.49. The number of piperidine rings is 1. The largest absolute Gasteiger partial charge is 0.474 e. The van der Waals surface area contributed by atoms with Crippen LogP contribution < -0.4 is 9.64 Å². The maximum atomic E-state index is 14.8. The summed E-state index contributed by atoms with van der Waals surface area (Å²) < 4.78 is 49.6. The van der Waals surface area contributed by atoms with E-state index in [1.54, 1.807) is 18.1 Å². The van der Waals surface area contributed by atoms with E-state index in [1.165, 1.54) is 12.4 Å². The van der Waals surface area contributed by atoms with Crippen molar-refractivity contribution in [1.29, 1.82) is 0 Å². The molecule has 1 aromatic carbocycles. The number of nitrogens with zero attached hydrogens (tertiary/aromatic N) is 4. The lowest BCUT2D eigenvalue weighted by atomic mass is 10.1. The van der Waals surface area contributed by atoms with Crippen molar-refractivity contribution >= 4 is 38.7 Å². The van der Waals surface area contributed by atoms with Gasteiger partial charge in [0, 0.05) is 44.8 Å². The first kappa shape index (κ1) is 21.7. The molecule has 0 radical (unpaired) electrons. The van der Waals surface area contributed by atoms with E-state index in [0.29, 0.717) is 41.1 Å². The molecule has 3 heterocycles. The molecular weight excluding hydrogens is 443 g/mol. The van der Waals surface area contributed by atoms with E-state index >= 15 is 0 Å². The van der Waals surface area contributed by atoms with Gasteiger partial charge in [0.05, 0.1) is 17.7 Å². The summed E-state index contributed by atoms with van der Waals surface area (Å²) in [5.41, 5.74) is 0.987. The molecule has 2 aliphatic rings. The minimum absolute atomic E-state index is 0.0152. The first-order chi connectivity index (χ1) is 14.8. The number of benzene rings is 1. The zero-order chi connectivity index (χ0) is 22.2. The van der Waals surface area contributed by atoms with Gasteiger partial charge in [-0.25, -0.2) is 22.8 Å². The van der Waals surface area contributed by atoms with Gasteiger partial charge in [-0.3, -0.25) is 0 Å². The molecule has 0 saturated carbocycles. The van der Waals surface area contributed by atoms with Gasteiger partial charge >= 0.3 is 0 Å². The molecule has 1 aromatic heterocycles. The van der Waals surface area contributed by atoms with E-state index < -0.39 is 15.7 Å². The predicted molar refractivity (Wildman–Crippen MR) is 117 cm³/mol. The van der Waals surface area contributed by atoms with Crippen molar-refractivity contribution in [2.45, 2.75) is 30.3 Å². The van der Waals surface area contributed by atoms with E-state index in [4.69, 9.17) is 21.7 Å². The summed E-state index contributed by atoms with van der Waals surface area (Å²) in [6.45, 7) is 1.97. The second-order valence-electron chi connectivity index (χ2n) is 7.58. The molecule has 4 rings (SSSR count). The molecule has 0 bridgehead atoms. The number of halogens is 1. The summed E-state index contributed by atoms with van der Waals surface area (Å²) in [5.74, 6) is 0.338. The van der Waals surface area contributed by atoms with E-state index in [-0.39, 0.29) is 11.0 Å². The standard InChI is InChI=1S/C20H23FN4O4S2/c1-28-20(30)24-6-4-14(5-7-24)29-18-11-17(22-12-23-18)25-8-3-13-9-15(31(2,26)27)10-16(21)19(13)25/h9-12,14H,3-8H2,1-2H3. The number of fused-ring (bicyclic) bond motifs is 1. The van der Waals surface area contributed by atoms with Crippen LogP contribution in [0.3, 0.4) is 0 Å². The molecule has 1 saturated heterocycles. The Bertz CT molecular complexity index is 1100. The third-order valence-corrected chi connectivity index (χ3v) is 7.00. The summed E-state index contributed by atoms with van der Waals surface area (Å²) in [4.78, 5) is 12.2. The number of methoxy groups -OCH3 is 1. The monoisotopic (exact) mass is 466 g/mol. The van der Waals surface area contributed by atoms with Crippen LogP contribution in [0.5, 0.6) is 5.88 Å². The van der Waals surface area contributed by atoms with E-state index in [9.17, 15) is 12.8 Å². The van der Waals surface area contributed by atoms with Crippen molar-refractivity contribution in [1.82, 2.24) is 14.9 Å². The molecule has 0 unspecified atom stereocenters. The third-order valence-electron chi connectivity index (χ3n) is 5.48. The van der Waals surface area contributed by atoms with Gasteiger partial charge in [0.1, 0.15) is 24.1 Å². The number of thiocarbonyl (C=S) groups is 1. The van der Waals surface area contributed by atoms with Crippen LogP contribution in [0.25, 0.3) is 0 Å². The fraction of sp³-hybridized carbons (Fsp3) is 0.450. The molecular formula is C20H23FN4O4S2. The van der Waals surface area contributed by atoms with Crippen LogP contribution in [0.1, 0.15) is 18.4 Å². The van der Waals surface area contributed by atoms with Gasteiger partial charge in [0.25, 0.3) is 5.17 Å². The Kier molecular flexibility index (Phi) is 5.98. The average Bonchev–Trinajstić information content (AvgIpc) is 3.18. The first-order valence-electron chi connectivity index (χ1n) is 9.88. The lowest BCUT2D eigenvalue weighted by molar-refractivity contribution is 0.117. The number of aromatic nitrogens is 2. The molecule has 11 heteroatoms. The molecule has 8 nitrogen and oxygen atoms in total. The highest BCUT2D eigenvalue weighted by Crippen LogP contribution is 2.38. The summed E-state index contributed by atoms with van der Waals surface area (Å²) in [7, 11) is -1.92. The lowest BCUT2D eigenvalue weighted by Gasteiger charge is -2.32. The highest BCUT2D eigenvalue weighted by molar-refractivity contribution is 7.90. The van der Waals surface area contributed by atoms with Gasteiger partial charge in [-0.2, -0.15) is 0 Å². The Labute approximate surface area is 185 Å². The van der Waals surface area contributed by atoms with Crippen LogP contribution in [0.2, 0.25) is 0 Å². The van der Waals surface area contributed by atoms with Gasteiger partial charge in [-0.15, -0.1) is 0 Å². The number of sulfone groups is 1. The number of hydrogen-bond donors (Lipinski definition) is 0. The summed E-state index contributed by atoms with van der Waals surface area (Å²) in [6.07, 6.45) is 4.52. The number of ether oxygens (including phenoxy) is 2. The predicted octanol–water partition coefficient (Wildman–Crippen LogP) is 2.49. The maximum absolute atomic E-state index is 14.8. The maximum Gasteiger partial charge on any atom is 0.259 e. The van der Waals surface area contributed by atoms with Gasteiger partial charge in [0.15, 0.2) is 9.84 Å². The smallest absolute Gasteiger partial charge is 0.259 e. The van der Waals surface area contributed by atoms with Crippen molar-refractivity contribution in [3.63, 3.8) is 0 Å². The van der Waals surface area contributed by atoms with Crippen molar-refractivity contribution in [2.24, 2.45) is 0 Å². The van der Waals surface area contributed by atoms with Gasteiger partial charge in [-0.1, -0.05) is 0 Å². The molecule has 0 atom stereocenters. The number of anilines is 2. The number of rotatable bonds is 4. The van der Waals surface area contributed by atoms with E-state index in [1.807, 2.05) is 4.90 Å². The molecule has 166 valence electrons. The average molecular weight is 467 g/mol. The van der Waals surface area contributed by atoms with E-state index in [0.717, 1.165) is 38.3 Å². The Morgan fingerprint density at radius 2 is 1.94 bits per heavy atom. The second kappa shape index (κ2) is 8.54. The minimum Gasteiger partial charge on any atom is -0.474 e. The van der Waals surface area contributed by atoms with Crippen molar-refractivity contribution in [3.05, 3.63) is 35.9 Å². The zero-order valence-electron chi connectivity index (χ0n) is 17.2. The van der Waals surface area contributed by atoms with Gasteiger partial charge in [-0.05, 0) is 36.3 Å².